The molecule has 1 N–H and O–H groups in total. The molecule has 0 saturated heterocycles. The van der Waals surface area contributed by atoms with Crippen LogP contribution >= 0.6 is 0 Å². The molecule has 0 bridgehead atoms. The third-order valence-corrected chi connectivity index (χ3v) is 3.73. The summed E-state index contributed by atoms with van der Waals surface area (Å²) in [5.74, 6) is 0.126. The molecule has 0 aliphatic carbocycles. The van der Waals surface area contributed by atoms with Gasteiger partial charge in [0.1, 0.15) is 5.56 Å². The Bertz CT molecular complexity index is 973. The molecule has 0 saturated carbocycles. The number of tetrazole rings is 1. The van der Waals surface area contributed by atoms with Crippen molar-refractivity contribution in [1.82, 2.24) is 24.8 Å². The average Bonchev–Trinajstić information content (AvgIpc) is 2.97. The van der Waals surface area contributed by atoms with Gasteiger partial charge in [0.05, 0.1) is 0 Å². The van der Waals surface area contributed by atoms with E-state index in [4.69, 9.17) is 0 Å². The Labute approximate surface area is 137 Å². The lowest BCUT2D eigenvalue weighted by molar-refractivity contribution is 0.102. The van der Waals surface area contributed by atoms with Crippen molar-refractivity contribution >= 4 is 11.6 Å². The zero-order chi connectivity index (χ0) is 17.3. The number of benzene rings is 1. The Morgan fingerprint density at radius 2 is 2.00 bits per heavy atom. The quantitative estimate of drug-likeness (QED) is 0.779. The van der Waals surface area contributed by atoms with E-state index in [1.807, 2.05) is 13.0 Å². The summed E-state index contributed by atoms with van der Waals surface area (Å²) in [5, 5.41) is 14.1. The molecule has 122 valence electrons. The van der Waals surface area contributed by atoms with Gasteiger partial charge in [0.25, 0.3) is 5.91 Å². The summed E-state index contributed by atoms with van der Waals surface area (Å²) in [5.41, 5.74) is 1.89. The number of hydrogen-bond donors (Lipinski definition) is 1. The van der Waals surface area contributed by atoms with Crippen LogP contribution in [0.1, 0.15) is 16.1 Å². The van der Waals surface area contributed by atoms with Gasteiger partial charge in [0, 0.05) is 43.3 Å². The highest BCUT2D eigenvalue weighted by molar-refractivity contribution is 6.04. The topological polar surface area (TPSA) is 94.7 Å². The minimum atomic E-state index is -0.455. The Morgan fingerprint density at radius 1 is 1.21 bits per heavy atom. The Hall–Kier alpha value is -3.29. The van der Waals surface area contributed by atoms with Crippen LogP contribution in [0.15, 0.2) is 41.3 Å². The summed E-state index contributed by atoms with van der Waals surface area (Å²) in [6, 6.07) is 8.56. The molecule has 2 aromatic heterocycles. The third kappa shape index (κ3) is 2.94. The predicted octanol–water partition coefficient (Wildman–Crippen LogP) is 1.14. The van der Waals surface area contributed by atoms with E-state index in [9.17, 15) is 9.59 Å². The average molecular weight is 324 g/mol. The highest BCUT2D eigenvalue weighted by Gasteiger charge is 2.13. The van der Waals surface area contributed by atoms with Crippen molar-refractivity contribution in [3.63, 3.8) is 0 Å². The SMILES string of the molecule is Cc1cc(=O)c(C(=O)Nc2cccc(-c3nnnn3C)c2)cn1C. The fourth-order valence-electron chi connectivity index (χ4n) is 2.31. The van der Waals surface area contributed by atoms with Crippen LogP contribution < -0.4 is 10.7 Å². The zero-order valence-electron chi connectivity index (χ0n) is 13.5. The van der Waals surface area contributed by atoms with E-state index in [2.05, 4.69) is 20.8 Å². The molecule has 0 radical (unpaired) electrons. The van der Waals surface area contributed by atoms with Gasteiger partial charge in [0.15, 0.2) is 11.3 Å². The number of aryl methyl sites for hydroxylation is 3. The molecular weight excluding hydrogens is 308 g/mol. The molecule has 0 aliphatic heterocycles. The first kappa shape index (κ1) is 15.6. The highest BCUT2D eigenvalue weighted by atomic mass is 16.2. The molecule has 0 aliphatic rings. The van der Waals surface area contributed by atoms with E-state index in [0.717, 1.165) is 11.3 Å². The maximum Gasteiger partial charge on any atom is 0.261 e. The third-order valence-electron chi connectivity index (χ3n) is 3.73. The van der Waals surface area contributed by atoms with Crippen molar-refractivity contribution in [1.29, 1.82) is 0 Å². The lowest BCUT2D eigenvalue weighted by atomic mass is 10.1. The van der Waals surface area contributed by atoms with Crippen molar-refractivity contribution in [3.05, 3.63) is 58.0 Å². The standard InChI is InChI=1S/C16H16N6O2/c1-10-7-14(23)13(9-21(10)2)16(24)17-12-6-4-5-11(8-12)15-18-19-20-22(15)3/h4-9H,1-3H3,(H,17,24). The van der Waals surface area contributed by atoms with E-state index < -0.39 is 5.91 Å². The molecule has 3 aromatic rings. The second-order valence-corrected chi connectivity index (χ2v) is 5.46. The normalized spacial score (nSPS) is 10.6. The van der Waals surface area contributed by atoms with Crippen LogP contribution in [0.2, 0.25) is 0 Å². The summed E-state index contributed by atoms with van der Waals surface area (Å²) in [6.45, 7) is 1.81. The van der Waals surface area contributed by atoms with Crippen molar-refractivity contribution in [2.75, 3.05) is 5.32 Å². The lowest BCUT2D eigenvalue weighted by Crippen LogP contribution is -2.23. The molecule has 0 spiro atoms. The van der Waals surface area contributed by atoms with Gasteiger partial charge in [-0.15, -0.1) is 5.10 Å². The predicted molar refractivity (Wildman–Crippen MR) is 88.6 cm³/mol. The summed E-state index contributed by atoms with van der Waals surface area (Å²) < 4.78 is 3.27. The van der Waals surface area contributed by atoms with Gasteiger partial charge in [-0.2, -0.15) is 0 Å². The number of carbonyl (C=O) groups is 1. The number of anilines is 1. The molecular formula is C16H16N6O2. The van der Waals surface area contributed by atoms with Crippen LogP contribution in [0.5, 0.6) is 0 Å². The minimum Gasteiger partial charge on any atom is -0.354 e. The molecule has 0 atom stereocenters. The van der Waals surface area contributed by atoms with E-state index >= 15 is 0 Å². The molecule has 2 heterocycles. The van der Waals surface area contributed by atoms with Crippen LogP contribution in [0.25, 0.3) is 11.4 Å². The van der Waals surface area contributed by atoms with Gasteiger partial charge in [0.2, 0.25) is 0 Å². The molecule has 0 fully saturated rings. The first-order chi connectivity index (χ1) is 11.5. The van der Waals surface area contributed by atoms with Crippen molar-refractivity contribution in [2.24, 2.45) is 14.1 Å². The number of aromatic nitrogens is 5. The second kappa shape index (κ2) is 6.07. The van der Waals surface area contributed by atoms with Gasteiger partial charge < -0.3 is 9.88 Å². The first-order valence-electron chi connectivity index (χ1n) is 7.27. The van der Waals surface area contributed by atoms with E-state index in [1.54, 1.807) is 36.9 Å². The number of carbonyl (C=O) groups excluding carboxylic acids is 1. The number of nitrogens with zero attached hydrogens (tertiary/aromatic N) is 5. The van der Waals surface area contributed by atoms with Gasteiger partial charge in [-0.1, -0.05) is 12.1 Å². The van der Waals surface area contributed by atoms with Gasteiger partial charge in [-0.3, -0.25) is 9.59 Å². The molecule has 1 amide bonds. The lowest BCUT2D eigenvalue weighted by Gasteiger charge is -2.09. The summed E-state index contributed by atoms with van der Waals surface area (Å²) in [4.78, 5) is 24.4. The summed E-state index contributed by atoms with van der Waals surface area (Å²) >= 11 is 0. The number of rotatable bonds is 3. The second-order valence-electron chi connectivity index (χ2n) is 5.46. The van der Waals surface area contributed by atoms with Crippen molar-refractivity contribution < 1.29 is 4.79 Å². The first-order valence-corrected chi connectivity index (χ1v) is 7.27. The summed E-state index contributed by atoms with van der Waals surface area (Å²) in [7, 11) is 3.52. The van der Waals surface area contributed by atoms with Crippen LogP contribution in [0, 0.1) is 6.92 Å². The van der Waals surface area contributed by atoms with Crippen LogP contribution in [0.3, 0.4) is 0 Å². The zero-order valence-corrected chi connectivity index (χ0v) is 13.5. The Morgan fingerprint density at radius 3 is 2.71 bits per heavy atom. The van der Waals surface area contributed by atoms with Gasteiger partial charge in [-0.25, -0.2) is 4.68 Å². The van der Waals surface area contributed by atoms with Crippen LogP contribution in [-0.2, 0) is 14.1 Å². The smallest absolute Gasteiger partial charge is 0.261 e. The molecule has 0 unspecified atom stereocenters. The summed E-state index contributed by atoms with van der Waals surface area (Å²) in [6.07, 6.45) is 1.53. The molecule has 8 nitrogen and oxygen atoms in total. The number of pyridine rings is 1. The minimum absolute atomic E-state index is 0.0915. The van der Waals surface area contributed by atoms with Crippen LogP contribution in [0.4, 0.5) is 5.69 Å². The molecule has 8 heteroatoms. The Kier molecular flexibility index (Phi) is 3.95. The maximum absolute atomic E-state index is 12.4. The number of hydrogen-bond acceptors (Lipinski definition) is 5. The number of amides is 1. The van der Waals surface area contributed by atoms with Crippen molar-refractivity contribution in [3.8, 4) is 11.4 Å². The molecule has 3 rings (SSSR count). The van der Waals surface area contributed by atoms with E-state index in [1.165, 1.54) is 16.9 Å². The largest absolute Gasteiger partial charge is 0.354 e. The van der Waals surface area contributed by atoms with E-state index in [-0.39, 0.29) is 11.0 Å². The highest BCUT2D eigenvalue weighted by Crippen LogP contribution is 2.19. The molecule has 24 heavy (non-hydrogen) atoms. The van der Waals surface area contributed by atoms with E-state index in [0.29, 0.717) is 11.5 Å². The molecule has 1 aromatic carbocycles. The fourth-order valence-corrected chi connectivity index (χ4v) is 2.31. The fraction of sp³-hybridized carbons (Fsp3) is 0.188. The van der Waals surface area contributed by atoms with Crippen LogP contribution in [-0.4, -0.2) is 30.7 Å². The van der Waals surface area contributed by atoms with Gasteiger partial charge in [-0.05, 0) is 29.5 Å². The maximum atomic E-state index is 12.4. The van der Waals surface area contributed by atoms with Gasteiger partial charge >= 0.3 is 0 Å². The monoisotopic (exact) mass is 324 g/mol. The van der Waals surface area contributed by atoms with Crippen molar-refractivity contribution in [2.45, 2.75) is 6.92 Å². The number of nitrogens with one attached hydrogen (secondary N) is 1. The Balaban J connectivity index is 1.89.